The van der Waals surface area contributed by atoms with Gasteiger partial charge in [0.15, 0.2) is 11.5 Å². The molecule has 0 bridgehead atoms. The monoisotopic (exact) mass is 285 g/mol. The zero-order chi connectivity index (χ0) is 15.0. The van der Waals surface area contributed by atoms with Crippen LogP contribution in [0.1, 0.15) is 5.56 Å². The number of hydrogen-bond donors (Lipinski definition) is 3. The van der Waals surface area contributed by atoms with Crippen molar-refractivity contribution < 1.29 is 14.6 Å². The normalized spacial score (nSPS) is 10.8. The van der Waals surface area contributed by atoms with E-state index in [0.29, 0.717) is 22.3 Å². The number of rotatable bonds is 2. The van der Waals surface area contributed by atoms with Crippen LogP contribution in [0.4, 0.5) is 15.9 Å². The van der Waals surface area contributed by atoms with Crippen LogP contribution < -0.4 is 5.32 Å². The van der Waals surface area contributed by atoms with Crippen molar-refractivity contribution in [3.63, 3.8) is 0 Å². The number of halogens is 1. The number of hydrogen-bond acceptors (Lipinski definition) is 5. The molecule has 5 nitrogen and oxygen atoms in total. The zero-order valence-corrected chi connectivity index (χ0v) is 11.1. The minimum Gasteiger partial charge on any atom is -0.504 e. The molecule has 0 saturated carbocycles. The summed E-state index contributed by atoms with van der Waals surface area (Å²) in [6.07, 6.45) is 1.30. The highest BCUT2D eigenvalue weighted by Crippen LogP contribution is 2.33. The van der Waals surface area contributed by atoms with E-state index < -0.39 is 0 Å². The van der Waals surface area contributed by atoms with Crippen LogP contribution in [-0.4, -0.2) is 20.2 Å². The van der Waals surface area contributed by atoms with E-state index in [1.54, 1.807) is 25.1 Å². The molecule has 1 heterocycles. The van der Waals surface area contributed by atoms with Gasteiger partial charge in [-0.2, -0.15) is 0 Å². The summed E-state index contributed by atoms with van der Waals surface area (Å²) in [5, 5.41) is 22.5. The molecule has 3 aromatic rings. The van der Waals surface area contributed by atoms with Gasteiger partial charge in [0.2, 0.25) is 0 Å². The van der Waals surface area contributed by atoms with Crippen molar-refractivity contribution in [3.05, 3.63) is 48.0 Å². The maximum absolute atomic E-state index is 14.0. The SMILES string of the molecule is Cc1cccc(Nc2ncnc3cc(O)c(O)cc23)c1F. The fourth-order valence-corrected chi connectivity index (χ4v) is 2.05. The van der Waals surface area contributed by atoms with Gasteiger partial charge in [0, 0.05) is 11.5 Å². The van der Waals surface area contributed by atoms with E-state index in [0.717, 1.165) is 0 Å². The van der Waals surface area contributed by atoms with E-state index in [9.17, 15) is 14.6 Å². The van der Waals surface area contributed by atoms with Gasteiger partial charge in [0.1, 0.15) is 18.0 Å². The number of nitrogens with one attached hydrogen (secondary N) is 1. The average Bonchev–Trinajstić information content (AvgIpc) is 2.46. The van der Waals surface area contributed by atoms with Crippen molar-refractivity contribution in [2.75, 3.05) is 5.32 Å². The zero-order valence-electron chi connectivity index (χ0n) is 11.1. The summed E-state index contributed by atoms with van der Waals surface area (Å²) in [6, 6.07) is 7.65. The first kappa shape index (κ1) is 13.1. The Morgan fingerprint density at radius 1 is 1.10 bits per heavy atom. The topological polar surface area (TPSA) is 78.3 Å². The van der Waals surface area contributed by atoms with Crippen molar-refractivity contribution in [2.45, 2.75) is 6.92 Å². The molecule has 3 rings (SSSR count). The molecule has 6 heteroatoms. The van der Waals surface area contributed by atoms with Crippen molar-refractivity contribution in [2.24, 2.45) is 0 Å². The summed E-state index contributed by atoms with van der Waals surface area (Å²) in [7, 11) is 0. The smallest absolute Gasteiger partial charge is 0.159 e. The van der Waals surface area contributed by atoms with E-state index >= 15 is 0 Å². The number of aromatic nitrogens is 2. The van der Waals surface area contributed by atoms with Crippen molar-refractivity contribution in [1.29, 1.82) is 0 Å². The Hall–Kier alpha value is -2.89. The Balaban J connectivity index is 2.12. The molecule has 0 spiro atoms. The molecule has 0 aliphatic carbocycles. The van der Waals surface area contributed by atoms with Crippen LogP contribution in [0.5, 0.6) is 11.5 Å². The van der Waals surface area contributed by atoms with Crippen molar-refractivity contribution in [3.8, 4) is 11.5 Å². The van der Waals surface area contributed by atoms with E-state index in [1.165, 1.54) is 18.5 Å². The molecule has 106 valence electrons. The first-order valence-corrected chi connectivity index (χ1v) is 6.25. The Morgan fingerprint density at radius 2 is 1.86 bits per heavy atom. The molecule has 0 aliphatic heterocycles. The van der Waals surface area contributed by atoms with Crippen LogP contribution in [0, 0.1) is 12.7 Å². The summed E-state index contributed by atoms with van der Waals surface area (Å²) in [6.45, 7) is 1.67. The predicted molar refractivity (Wildman–Crippen MR) is 77.3 cm³/mol. The van der Waals surface area contributed by atoms with Gasteiger partial charge >= 0.3 is 0 Å². The highest BCUT2D eigenvalue weighted by Gasteiger charge is 2.11. The molecule has 0 saturated heterocycles. The average molecular weight is 285 g/mol. The second-order valence-electron chi connectivity index (χ2n) is 4.64. The molecule has 0 unspecified atom stereocenters. The first-order valence-electron chi connectivity index (χ1n) is 6.25. The fourth-order valence-electron chi connectivity index (χ4n) is 2.05. The maximum atomic E-state index is 14.0. The minimum absolute atomic E-state index is 0.270. The van der Waals surface area contributed by atoms with E-state index in [4.69, 9.17) is 0 Å². The summed E-state index contributed by atoms with van der Waals surface area (Å²) < 4.78 is 14.0. The van der Waals surface area contributed by atoms with E-state index in [2.05, 4.69) is 15.3 Å². The highest BCUT2D eigenvalue weighted by atomic mass is 19.1. The molecule has 0 aliphatic rings. The number of fused-ring (bicyclic) bond motifs is 1. The molecular formula is C15H12FN3O2. The molecule has 0 atom stereocenters. The number of aryl methyl sites for hydroxylation is 1. The third kappa shape index (κ3) is 2.31. The first-order chi connectivity index (χ1) is 10.1. The maximum Gasteiger partial charge on any atom is 0.159 e. The van der Waals surface area contributed by atoms with Gasteiger partial charge in [-0.3, -0.25) is 0 Å². The lowest BCUT2D eigenvalue weighted by Crippen LogP contribution is -1.99. The van der Waals surface area contributed by atoms with Gasteiger partial charge in [0.25, 0.3) is 0 Å². The number of benzene rings is 2. The second-order valence-corrected chi connectivity index (χ2v) is 4.64. The second kappa shape index (κ2) is 4.90. The van der Waals surface area contributed by atoms with Crippen LogP contribution >= 0.6 is 0 Å². The molecule has 0 amide bonds. The van der Waals surface area contributed by atoms with Crippen molar-refractivity contribution >= 4 is 22.4 Å². The van der Waals surface area contributed by atoms with Crippen LogP contribution in [0.15, 0.2) is 36.7 Å². The molecule has 3 N–H and O–H groups in total. The van der Waals surface area contributed by atoms with E-state index in [-0.39, 0.29) is 23.0 Å². The Kier molecular flexibility index (Phi) is 3.06. The van der Waals surface area contributed by atoms with Gasteiger partial charge in [0.05, 0.1) is 11.2 Å². The van der Waals surface area contributed by atoms with Gasteiger partial charge in [-0.15, -0.1) is 0 Å². The third-order valence-corrected chi connectivity index (χ3v) is 3.18. The summed E-state index contributed by atoms with van der Waals surface area (Å²) in [4.78, 5) is 8.07. The molecule has 1 aromatic heterocycles. The largest absolute Gasteiger partial charge is 0.504 e. The number of phenols is 2. The predicted octanol–water partition coefficient (Wildman–Crippen LogP) is 3.23. The lowest BCUT2D eigenvalue weighted by Gasteiger charge is -2.10. The Bertz CT molecular complexity index is 837. The van der Waals surface area contributed by atoms with Gasteiger partial charge in [-0.1, -0.05) is 12.1 Å². The Morgan fingerprint density at radius 3 is 2.67 bits per heavy atom. The van der Waals surface area contributed by atoms with Crippen molar-refractivity contribution in [1.82, 2.24) is 9.97 Å². The molecule has 2 aromatic carbocycles. The van der Waals surface area contributed by atoms with Gasteiger partial charge in [-0.05, 0) is 24.6 Å². The standard InChI is InChI=1S/C15H12FN3O2/c1-8-3-2-4-10(14(8)16)19-15-9-5-12(20)13(21)6-11(9)17-7-18-15/h2-7,20-21H,1H3,(H,17,18,19). The lowest BCUT2D eigenvalue weighted by molar-refractivity contribution is 0.405. The summed E-state index contributed by atoms with van der Waals surface area (Å²) in [5.41, 5.74) is 1.23. The summed E-state index contributed by atoms with van der Waals surface area (Å²) in [5.74, 6) is -0.578. The van der Waals surface area contributed by atoms with Crippen LogP contribution in [0.3, 0.4) is 0 Å². The quantitative estimate of drug-likeness (QED) is 0.630. The number of phenolic OH excluding ortho intramolecular Hbond substituents is 2. The van der Waals surface area contributed by atoms with Crippen LogP contribution in [0.25, 0.3) is 10.9 Å². The highest BCUT2D eigenvalue weighted by molar-refractivity contribution is 5.92. The molecule has 21 heavy (non-hydrogen) atoms. The molecule has 0 fully saturated rings. The van der Waals surface area contributed by atoms with Gasteiger partial charge in [-0.25, -0.2) is 14.4 Å². The molecule has 0 radical (unpaired) electrons. The van der Waals surface area contributed by atoms with Gasteiger partial charge < -0.3 is 15.5 Å². The van der Waals surface area contributed by atoms with Crippen LogP contribution in [-0.2, 0) is 0 Å². The van der Waals surface area contributed by atoms with E-state index in [1.807, 2.05) is 0 Å². The van der Waals surface area contributed by atoms with Crippen LogP contribution in [0.2, 0.25) is 0 Å². The minimum atomic E-state index is -0.368. The lowest BCUT2D eigenvalue weighted by atomic mass is 10.2. The third-order valence-electron chi connectivity index (χ3n) is 3.18. The fraction of sp³-hybridized carbons (Fsp3) is 0.0667. The Labute approximate surface area is 119 Å². The summed E-state index contributed by atoms with van der Waals surface area (Å²) >= 11 is 0. The number of nitrogens with zero attached hydrogens (tertiary/aromatic N) is 2. The number of aromatic hydroxyl groups is 2. The number of anilines is 2. The molecular weight excluding hydrogens is 273 g/mol.